The number of nitrogens with two attached hydrogens (primary N) is 1. The van der Waals surface area contributed by atoms with Gasteiger partial charge in [-0.3, -0.25) is 9.78 Å². The third-order valence-electron chi connectivity index (χ3n) is 4.92. The van der Waals surface area contributed by atoms with Crippen LogP contribution in [0.5, 0.6) is 0 Å². The van der Waals surface area contributed by atoms with Gasteiger partial charge in [-0.25, -0.2) is 9.38 Å². The molecule has 0 unspecified atom stereocenters. The minimum Gasteiger partial charge on any atom is -0.463 e. The summed E-state index contributed by atoms with van der Waals surface area (Å²) in [5, 5.41) is 8.82. The van der Waals surface area contributed by atoms with Crippen molar-refractivity contribution in [2.24, 2.45) is 10.7 Å². The molecule has 1 aromatic heterocycles. The van der Waals surface area contributed by atoms with Gasteiger partial charge >= 0.3 is 6.18 Å². The minimum absolute atomic E-state index is 0.0889. The molecule has 0 saturated carbocycles. The third-order valence-corrected chi connectivity index (χ3v) is 4.92. The summed E-state index contributed by atoms with van der Waals surface area (Å²) in [4.78, 5) is 20.5. The van der Waals surface area contributed by atoms with Crippen molar-refractivity contribution in [2.45, 2.75) is 31.2 Å². The first-order chi connectivity index (χ1) is 15.0. The number of alkyl halides is 3. The summed E-state index contributed by atoms with van der Waals surface area (Å²) in [6.45, 7) is -0.550. The monoisotopic (exact) mass is 450 g/mol. The van der Waals surface area contributed by atoms with E-state index >= 15 is 0 Å². The summed E-state index contributed by atoms with van der Waals surface area (Å²) in [6.07, 6.45) is -4.79. The van der Waals surface area contributed by atoms with Crippen molar-refractivity contribution in [1.29, 1.82) is 5.26 Å². The number of hydrogen-bond donors (Lipinski definition) is 1. The van der Waals surface area contributed by atoms with Crippen LogP contribution in [0.2, 0.25) is 0 Å². The Morgan fingerprint density at radius 3 is 2.75 bits per heavy atom. The highest BCUT2D eigenvalue weighted by Crippen LogP contribution is 2.37. The number of halogens is 4. The maximum Gasteiger partial charge on any atom is 0.411 e. The molecule has 0 bridgehead atoms. The van der Waals surface area contributed by atoms with E-state index in [1.807, 2.05) is 6.07 Å². The lowest BCUT2D eigenvalue weighted by atomic mass is 9.84. The van der Waals surface area contributed by atoms with E-state index in [0.717, 1.165) is 6.07 Å². The molecule has 7 nitrogen and oxygen atoms in total. The molecule has 1 aliphatic heterocycles. The van der Waals surface area contributed by atoms with Gasteiger partial charge in [-0.1, -0.05) is 6.07 Å². The minimum atomic E-state index is -4.60. The summed E-state index contributed by atoms with van der Waals surface area (Å²) >= 11 is 0. The van der Waals surface area contributed by atoms with Crippen LogP contribution in [0.1, 0.15) is 34.1 Å². The Hall–Kier alpha value is -3.52. The molecule has 0 spiro atoms. The zero-order valence-electron chi connectivity index (χ0n) is 16.8. The summed E-state index contributed by atoms with van der Waals surface area (Å²) < 4.78 is 62.8. The van der Waals surface area contributed by atoms with Gasteiger partial charge < -0.3 is 15.2 Å². The van der Waals surface area contributed by atoms with Gasteiger partial charge in [-0.05, 0) is 36.8 Å². The van der Waals surface area contributed by atoms with E-state index in [2.05, 4.69) is 9.98 Å². The number of ketones is 1. The Kier molecular flexibility index (Phi) is 6.45. The van der Waals surface area contributed by atoms with Crippen LogP contribution >= 0.6 is 0 Å². The first-order valence-electron chi connectivity index (χ1n) is 9.36. The molecule has 2 heterocycles. The molecule has 2 N–H and O–H groups in total. The number of benzene rings is 1. The highest BCUT2D eigenvalue weighted by Gasteiger charge is 2.44. The number of amidine groups is 1. The molecule has 1 aliphatic rings. The summed E-state index contributed by atoms with van der Waals surface area (Å²) in [5.41, 5.74) is 4.68. The van der Waals surface area contributed by atoms with Crippen LogP contribution in [0.25, 0.3) is 0 Å². The quantitative estimate of drug-likeness (QED) is 0.535. The van der Waals surface area contributed by atoms with Crippen molar-refractivity contribution in [3.63, 3.8) is 0 Å². The third kappa shape index (κ3) is 5.20. The van der Waals surface area contributed by atoms with Gasteiger partial charge in [-0.15, -0.1) is 0 Å². The summed E-state index contributed by atoms with van der Waals surface area (Å²) in [6, 6.07) is 8.23. The molecule has 32 heavy (non-hydrogen) atoms. The van der Waals surface area contributed by atoms with Gasteiger partial charge in [0.25, 0.3) is 6.02 Å². The van der Waals surface area contributed by atoms with Gasteiger partial charge in [-0.2, -0.15) is 18.4 Å². The summed E-state index contributed by atoms with van der Waals surface area (Å²) in [5.74, 6) is -1.14. The average molecular weight is 450 g/mol. The van der Waals surface area contributed by atoms with Crippen molar-refractivity contribution in [2.75, 3.05) is 13.2 Å². The van der Waals surface area contributed by atoms with Gasteiger partial charge in [0, 0.05) is 18.2 Å². The number of carbonyl (C=O) groups is 1. The lowest BCUT2D eigenvalue weighted by Gasteiger charge is -2.38. The van der Waals surface area contributed by atoms with E-state index in [1.165, 1.54) is 37.4 Å². The molecule has 168 valence electrons. The van der Waals surface area contributed by atoms with Gasteiger partial charge in [0.2, 0.25) is 0 Å². The largest absolute Gasteiger partial charge is 0.463 e. The Morgan fingerprint density at radius 2 is 2.12 bits per heavy atom. The van der Waals surface area contributed by atoms with Gasteiger partial charge in [0.05, 0.1) is 5.56 Å². The molecule has 0 fully saturated rings. The van der Waals surface area contributed by atoms with E-state index in [0.29, 0.717) is 11.1 Å². The van der Waals surface area contributed by atoms with Gasteiger partial charge in [0.15, 0.2) is 5.78 Å². The van der Waals surface area contributed by atoms with Crippen LogP contribution in [-0.2, 0) is 21.4 Å². The molecule has 2 atom stereocenters. The highest BCUT2D eigenvalue weighted by atomic mass is 19.4. The maximum absolute atomic E-state index is 14.8. The number of nitriles is 1. The molecular weight excluding hydrogens is 432 g/mol. The van der Waals surface area contributed by atoms with Crippen LogP contribution in [0.3, 0.4) is 0 Å². The fourth-order valence-electron chi connectivity index (χ4n) is 3.27. The fourth-order valence-corrected chi connectivity index (χ4v) is 3.27. The number of carbonyl (C=O) groups excluding carboxylic acids is 1. The maximum atomic E-state index is 14.8. The number of aliphatic imine (C=N–C) groups is 1. The molecule has 0 saturated heterocycles. The molecular formula is C21H18F4N4O3. The van der Waals surface area contributed by atoms with E-state index in [-0.39, 0.29) is 30.3 Å². The predicted molar refractivity (Wildman–Crippen MR) is 104 cm³/mol. The van der Waals surface area contributed by atoms with Crippen molar-refractivity contribution < 1.29 is 31.8 Å². The predicted octanol–water partition coefficient (Wildman–Crippen LogP) is 3.03. The number of Topliss-reactive ketones (excluding diaryl/α,β-unsaturated/α-hetero) is 1. The lowest BCUT2D eigenvalue weighted by molar-refractivity contribution is -0.197. The normalized spacial score (nSPS) is 20.8. The number of aromatic nitrogens is 1. The van der Waals surface area contributed by atoms with E-state index in [1.54, 1.807) is 0 Å². The standard InChI is InChI=1S/C21H18F4N4O3/c1-20(18(10-31-19(27)29-20)32-11-21(23,24)25)14-6-12(2-4-15(14)22)7-17(30)16-5-3-13(8-26)9-28-16/h2-6,9,18H,7,10-11H2,1H3,(H2,27,29)/t18-,20+/m0/s1. The number of pyridine rings is 1. The van der Waals surface area contributed by atoms with Crippen LogP contribution in [0.4, 0.5) is 17.6 Å². The molecule has 3 rings (SSSR count). The zero-order chi connectivity index (χ0) is 23.5. The topological polar surface area (TPSA) is 111 Å². The molecule has 1 aromatic carbocycles. The van der Waals surface area contributed by atoms with Crippen molar-refractivity contribution in [1.82, 2.24) is 4.98 Å². The van der Waals surface area contributed by atoms with Crippen LogP contribution in [-0.4, -0.2) is 42.3 Å². The summed E-state index contributed by atoms with van der Waals surface area (Å²) in [7, 11) is 0. The van der Waals surface area contributed by atoms with E-state index in [9.17, 15) is 22.4 Å². The second kappa shape index (κ2) is 8.92. The highest BCUT2D eigenvalue weighted by molar-refractivity contribution is 5.95. The zero-order valence-corrected chi connectivity index (χ0v) is 16.8. The number of ether oxygens (including phenoxy) is 2. The first kappa shape index (κ1) is 23.1. The van der Waals surface area contributed by atoms with Crippen LogP contribution in [0, 0.1) is 17.1 Å². The lowest BCUT2D eigenvalue weighted by Crippen LogP contribution is -2.48. The number of rotatable bonds is 6. The number of hydrogen-bond acceptors (Lipinski definition) is 7. The fraction of sp³-hybridized carbons (Fsp3) is 0.333. The second-order valence-corrected chi connectivity index (χ2v) is 7.28. The number of nitrogens with zero attached hydrogens (tertiary/aromatic N) is 3. The van der Waals surface area contributed by atoms with Crippen LogP contribution < -0.4 is 5.73 Å². The van der Waals surface area contributed by atoms with Gasteiger partial charge in [0.1, 0.15) is 42.4 Å². The van der Waals surface area contributed by atoms with E-state index in [4.69, 9.17) is 20.5 Å². The Balaban J connectivity index is 1.90. The molecule has 11 heteroatoms. The average Bonchev–Trinajstić information content (AvgIpc) is 2.73. The Bertz CT molecular complexity index is 1080. The molecule has 0 amide bonds. The Labute approximate surface area is 180 Å². The van der Waals surface area contributed by atoms with Crippen molar-refractivity contribution in [3.8, 4) is 6.07 Å². The Morgan fingerprint density at radius 1 is 1.38 bits per heavy atom. The molecule has 0 aliphatic carbocycles. The SMILES string of the molecule is C[C@]1(c2cc(CC(=O)c3ccc(C#N)cn3)ccc2F)N=C(N)OC[C@@H]1OCC(F)(F)F. The van der Waals surface area contributed by atoms with Crippen molar-refractivity contribution >= 4 is 11.8 Å². The van der Waals surface area contributed by atoms with Crippen LogP contribution in [0.15, 0.2) is 41.5 Å². The van der Waals surface area contributed by atoms with E-state index < -0.39 is 36.0 Å². The van der Waals surface area contributed by atoms with Crippen molar-refractivity contribution in [3.05, 3.63) is 64.7 Å². The molecule has 0 radical (unpaired) electrons. The second-order valence-electron chi connectivity index (χ2n) is 7.28. The molecule has 2 aromatic rings. The first-order valence-corrected chi connectivity index (χ1v) is 9.36. The smallest absolute Gasteiger partial charge is 0.411 e.